The maximum Gasteiger partial charge on any atom is 0.126 e. The Morgan fingerprint density at radius 3 is 1.68 bits per heavy atom. The first-order valence-corrected chi connectivity index (χ1v) is 14.2. The smallest absolute Gasteiger partial charge is 0.126 e. The van der Waals surface area contributed by atoms with Gasteiger partial charge < -0.3 is 15.2 Å². The van der Waals surface area contributed by atoms with Crippen molar-refractivity contribution >= 4 is 0 Å². The Kier molecular flexibility index (Phi) is 9.93. The van der Waals surface area contributed by atoms with Crippen molar-refractivity contribution in [3.63, 3.8) is 0 Å². The number of hydrogen-bond acceptors (Lipinski definition) is 3. The monoisotopic (exact) mass is 471 g/mol. The predicted molar refractivity (Wildman–Crippen MR) is 145 cm³/mol. The third-order valence-electron chi connectivity index (χ3n) is 8.39. The van der Waals surface area contributed by atoms with Crippen molar-refractivity contribution in [2.24, 2.45) is 22.5 Å². The summed E-state index contributed by atoms with van der Waals surface area (Å²) >= 11 is 0. The Balaban J connectivity index is 1.64. The molecule has 0 aliphatic heterocycles. The molecular weight excluding hydrogens is 418 g/mol. The van der Waals surface area contributed by atoms with Gasteiger partial charge in [0, 0.05) is 0 Å². The summed E-state index contributed by atoms with van der Waals surface area (Å²) in [5.74, 6) is 2.96. The van der Waals surface area contributed by atoms with Crippen LogP contribution in [-0.4, -0.2) is 19.4 Å². The number of hydrogen-bond donors (Lipinski definition) is 1. The zero-order chi connectivity index (χ0) is 24.8. The molecule has 0 bridgehead atoms. The Morgan fingerprint density at radius 1 is 0.765 bits per heavy atom. The Hall–Kier alpha value is -1.06. The summed E-state index contributed by atoms with van der Waals surface area (Å²) in [6.07, 6.45) is 14.0. The van der Waals surface area contributed by atoms with Gasteiger partial charge in [0.25, 0.3) is 0 Å². The molecule has 34 heavy (non-hydrogen) atoms. The molecule has 3 heteroatoms. The summed E-state index contributed by atoms with van der Waals surface area (Å²) in [4.78, 5) is 0. The fraction of sp³-hybridized carbons (Fsp3) is 0.806. The lowest BCUT2D eigenvalue weighted by Crippen LogP contribution is -2.39. The highest BCUT2D eigenvalue weighted by Crippen LogP contribution is 2.45. The molecule has 2 saturated carbocycles. The fourth-order valence-corrected chi connectivity index (χ4v) is 6.86. The van der Waals surface area contributed by atoms with Crippen molar-refractivity contribution in [3.8, 4) is 5.75 Å². The Labute approximate surface area is 210 Å². The molecule has 0 spiro atoms. The van der Waals surface area contributed by atoms with Gasteiger partial charge in [-0.2, -0.15) is 0 Å². The highest BCUT2D eigenvalue weighted by molar-refractivity contribution is 5.46. The Morgan fingerprint density at radius 2 is 1.24 bits per heavy atom. The van der Waals surface area contributed by atoms with E-state index in [0.29, 0.717) is 31.0 Å². The van der Waals surface area contributed by atoms with E-state index < -0.39 is 0 Å². The lowest BCUT2D eigenvalue weighted by Gasteiger charge is -2.42. The molecule has 2 aliphatic rings. The molecule has 1 atom stereocenters. The highest BCUT2D eigenvalue weighted by Gasteiger charge is 2.36. The van der Waals surface area contributed by atoms with E-state index in [9.17, 15) is 0 Å². The number of nitrogens with two attached hydrogens (primary N) is 1. The van der Waals surface area contributed by atoms with Gasteiger partial charge in [-0.1, -0.05) is 98.3 Å². The second-order valence-electron chi connectivity index (χ2n) is 13.2. The lowest BCUT2D eigenvalue weighted by molar-refractivity contribution is -0.0141. The molecule has 0 saturated heterocycles. The first-order chi connectivity index (χ1) is 16.1. The van der Waals surface area contributed by atoms with Gasteiger partial charge in [0.2, 0.25) is 0 Å². The maximum absolute atomic E-state index is 6.58. The van der Waals surface area contributed by atoms with Crippen LogP contribution in [0.25, 0.3) is 0 Å². The Bertz CT molecular complexity index is 683. The molecule has 2 fully saturated rings. The molecular formula is C31H53NO2. The van der Waals surface area contributed by atoms with Gasteiger partial charge in [-0.15, -0.1) is 0 Å². The number of para-hydroxylation sites is 1. The van der Waals surface area contributed by atoms with E-state index in [1.54, 1.807) is 0 Å². The van der Waals surface area contributed by atoms with Gasteiger partial charge in [0.05, 0.1) is 6.61 Å². The summed E-state index contributed by atoms with van der Waals surface area (Å²) in [7, 11) is 0. The standard InChI is InChI=1S/C31H53NO2/c1-30(2,3)27(31(4,5)6)22-28(32)33-20-21-34-29-25(23-14-9-7-10-15-23)18-13-19-26(29)24-16-11-8-12-17-24/h13,18-19,23-24,27-28H,7-12,14-17,20-22,32H2,1-6H3. The quantitative estimate of drug-likeness (QED) is 0.290. The highest BCUT2D eigenvalue weighted by atomic mass is 16.5. The normalized spacial score (nSPS) is 20.0. The van der Waals surface area contributed by atoms with Gasteiger partial charge >= 0.3 is 0 Å². The van der Waals surface area contributed by atoms with Gasteiger partial charge in [0.15, 0.2) is 0 Å². The first kappa shape index (κ1) is 27.5. The fourth-order valence-electron chi connectivity index (χ4n) is 6.86. The number of rotatable bonds is 9. The minimum Gasteiger partial charge on any atom is -0.491 e. The van der Waals surface area contributed by atoms with Crippen LogP contribution in [-0.2, 0) is 4.74 Å². The number of ether oxygens (including phenoxy) is 2. The van der Waals surface area contributed by atoms with Crippen LogP contribution in [0, 0.1) is 16.7 Å². The molecule has 0 heterocycles. The van der Waals surface area contributed by atoms with Crippen molar-refractivity contribution in [1.82, 2.24) is 0 Å². The number of benzene rings is 1. The largest absolute Gasteiger partial charge is 0.491 e. The van der Waals surface area contributed by atoms with Crippen LogP contribution in [0.4, 0.5) is 0 Å². The van der Waals surface area contributed by atoms with Crippen molar-refractivity contribution in [3.05, 3.63) is 29.3 Å². The summed E-state index contributed by atoms with van der Waals surface area (Å²) in [5.41, 5.74) is 9.76. The van der Waals surface area contributed by atoms with Crippen LogP contribution in [0.5, 0.6) is 5.75 Å². The SMILES string of the molecule is CC(C)(C)C(CC(N)OCCOc1c(C2CCCCC2)cccc1C1CCCCC1)C(C)(C)C. The zero-order valence-corrected chi connectivity index (χ0v) is 23.1. The van der Waals surface area contributed by atoms with Crippen LogP contribution < -0.4 is 10.5 Å². The van der Waals surface area contributed by atoms with Crippen molar-refractivity contribution < 1.29 is 9.47 Å². The van der Waals surface area contributed by atoms with Crippen LogP contribution >= 0.6 is 0 Å². The molecule has 0 radical (unpaired) electrons. The van der Waals surface area contributed by atoms with Gasteiger partial charge in [-0.3, -0.25) is 0 Å². The van der Waals surface area contributed by atoms with Gasteiger partial charge in [-0.25, -0.2) is 0 Å². The third kappa shape index (κ3) is 7.72. The average Bonchev–Trinajstić information content (AvgIpc) is 2.80. The van der Waals surface area contributed by atoms with Gasteiger partial charge in [-0.05, 0) is 71.8 Å². The third-order valence-corrected chi connectivity index (χ3v) is 8.39. The molecule has 3 nitrogen and oxygen atoms in total. The first-order valence-electron chi connectivity index (χ1n) is 14.2. The second kappa shape index (κ2) is 12.3. The molecule has 0 amide bonds. The molecule has 3 rings (SSSR count). The summed E-state index contributed by atoms with van der Waals surface area (Å²) in [5, 5.41) is 0. The second-order valence-corrected chi connectivity index (χ2v) is 13.2. The molecule has 1 aromatic carbocycles. The topological polar surface area (TPSA) is 44.5 Å². The van der Waals surface area contributed by atoms with E-state index in [-0.39, 0.29) is 17.1 Å². The van der Waals surface area contributed by atoms with E-state index >= 15 is 0 Å². The van der Waals surface area contributed by atoms with E-state index in [0.717, 1.165) is 6.42 Å². The predicted octanol–water partition coefficient (Wildman–Crippen LogP) is 8.56. The van der Waals surface area contributed by atoms with Crippen LogP contribution in [0.2, 0.25) is 0 Å². The summed E-state index contributed by atoms with van der Waals surface area (Å²) in [6, 6.07) is 6.95. The molecule has 1 aromatic rings. The molecule has 194 valence electrons. The summed E-state index contributed by atoms with van der Waals surface area (Å²) in [6.45, 7) is 15.0. The van der Waals surface area contributed by atoms with E-state index in [2.05, 4.69) is 59.7 Å². The van der Waals surface area contributed by atoms with E-state index in [1.807, 2.05) is 0 Å². The van der Waals surface area contributed by atoms with Crippen LogP contribution in [0.1, 0.15) is 135 Å². The summed E-state index contributed by atoms with van der Waals surface area (Å²) < 4.78 is 12.7. The average molecular weight is 472 g/mol. The van der Waals surface area contributed by atoms with Crippen LogP contribution in [0.3, 0.4) is 0 Å². The zero-order valence-electron chi connectivity index (χ0n) is 23.1. The minimum atomic E-state index is -0.251. The van der Waals surface area contributed by atoms with E-state index in [1.165, 1.54) is 81.1 Å². The maximum atomic E-state index is 6.58. The molecule has 2 aliphatic carbocycles. The van der Waals surface area contributed by atoms with Crippen molar-refractivity contribution in [2.45, 2.75) is 130 Å². The minimum absolute atomic E-state index is 0.198. The molecule has 2 N–H and O–H groups in total. The molecule has 0 aromatic heterocycles. The van der Waals surface area contributed by atoms with Crippen molar-refractivity contribution in [1.29, 1.82) is 0 Å². The lowest BCUT2D eigenvalue weighted by atomic mass is 9.65. The van der Waals surface area contributed by atoms with Gasteiger partial charge in [0.1, 0.15) is 18.6 Å². The molecule has 1 unspecified atom stereocenters. The van der Waals surface area contributed by atoms with Crippen molar-refractivity contribution in [2.75, 3.05) is 13.2 Å². The van der Waals surface area contributed by atoms with E-state index in [4.69, 9.17) is 15.2 Å². The van der Waals surface area contributed by atoms with Crippen LogP contribution in [0.15, 0.2) is 18.2 Å².